The van der Waals surface area contributed by atoms with Gasteiger partial charge in [-0.15, -0.1) is 0 Å². The molecule has 0 spiro atoms. The normalized spacial score (nSPS) is 13.9. The zero-order valence-electron chi connectivity index (χ0n) is 10.2. The van der Waals surface area contributed by atoms with Gasteiger partial charge < -0.3 is 0 Å². The highest BCUT2D eigenvalue weighted by atomic mass is 16.6. The van der Waals surface area contributed by atoms with Crippen LogP contribution in [0.15, 0.2) is 0 Å². The smallest absolute Gasteiger partial charge is 0.231 e. The molecule has 0 aromatic rings. The van der Waals surface area contributed by atoms with E-state index in [1.807, 2.05) is 0 Å². The number of rotatable bonds is 7. The molecule has 0 rings (SSSR count). The summed E-state index contributed by atoms with van der Waals surface area (Å²) in [4.78, 5) is 9.98. The largest absolute Gasteiger partial charge is 0.299 e. The van der Waals surface area contributed by atoms with Crippen molar-refractivity contribution in [3.05, 3.63) is 10.1 Å². The van der Waals surface area contributed by atoms with Crippen LogP contribution in [0, 0.1) is 15.5 Å². The van der Waals surface area contributed by atoms with E-state index in [2.05, 4.69) is 31.4 Å². The number of hydrogen-bond acceptors (Lipinski definition) is 4. The number of hydrogen-bond donors (Lipinski definition) is 2. The van der Waals surface area contributed by atoms with Crippen molar-refractivity contribution in [2.45, 2.75) is 39.8 Å². The summed E-state index contributed by atoms with van der Waals surface area (Å²) in [6.45, 7) is 7.32. The molecule has 0 bridgehead atoms. The average molecular weight is 217 g/mol. The highest BCUT2D eigenvalue weighted by Crippen LogP contribution is 2.19. The Labute approximate surface area is 91.8 Å². The third-order valence-electron chi connectivity index (χ3n) is 2.17. The SMILES string of the molecule is CNC(C[N+](=O)[O-])NCCCC(C)(C)C. The molecule has 0 amide bonds. The Balaban J connectivity index is 3.59. The molecule has 0 aromatic carbocycles. The quantitative estimate of drug-likeness (QED) is 0.291. The molecular weight excluding hydrogens is 194 g/mol. The van der Waals surface area contributed by atoms with Gasteiger partial charge in [-0.25, -0.2) is 0 Å². The molecular formula is C10H23N3O2. The van der Waals surface area contributed by atoms with Crippen LogP contribution in [0.4, 0.5) is 0 Å². The fraction of sp³-hybridized carbons (Fsp3) is 1.00. The van der Waals surface area contributed by atoms with Crippen molar-refractivity contribution >= 4 is 0 Å². The summed E-state index contributed by atoms with van der Waals surface area (Å²) >= 11 is 0. The van der Waals surface area contributed by atoms with Crippen LogP contribution < -0.4 is 10.6 Å². The second-order valence-electron chi connectivity index (χ2n) is 4.97. The number of nitrogens with one attached hydrogen (secondary N) is 2. The van der Waals surface area contributed by atoms with Gasteiger partial charge in [0.05, 0.1) is 0 Å². The van der Waals surface area contributed by atoms with Crippen LogP contribution in [-0.4, -0.2) is 31.2 Å². The van der Waals surface area contributed by atoms with Crippen molar-refractivity contribution in [2.75, 3.05) is 20.1 Å². The molecule has 0 saturated heterocycles. The van der Waals surface area contributed by atoms with Gasteiger partial charge in [0.15, 0.2) is 0 Å². The minimum atomic E-state index is -0.308. The third kappa shape index (κ3) is 9.62. The molecule has 0 aliphatic rings. The molecule has 0 aliphatic carbocycles. The van der Waals surface area contributed by atoms with Crippen molar-refractivity contribution in [2.24, 2.45) is 5.41 Å². The summed E-state index contributed by atoms with van der Waals surface area (Å²) in [5, 5.41) is 16.3. The fourth-order valence-corrected chi connectivity index (χ4v) is 1.30. The molecule has 1 atom stereocenters. The summed E-state index contributed by atoms with van der Waals surface area (Å²) in [5.41, 5.74) is 0.333. The Kier molecular flexibility index (Phi) is 6.43. The molecule has 1 unspecified atom stereocenters. The molecule has 0 aliphatic heterocycles. The van der Waals surface area contributed by atoms with E-state index in [9.17, 15) is 10.1 Å². The average Bonchev–Trinajstić information content (AvgIpc) is 2.08. The Morgan fingerprint density at radius 2 is 2.00 bits per heavy atom. The molecule has 0 aromatic heterocycles. The first kappa shape index (κ1) is 14.3. The van der Waals surface area contributed by atoms with Crippen LogP contribution in [-0.2, 0) is 0 Å². The first-order chi connectivity index (χ1) is 6.85. The standard InChI is InChI=1S/C10H23N3O2/c1-10(2,3)6-5-7-12-9(11-4)8-13(14)15/h9,11-12H,5-8H2,1-4H3. The van der Waals surface area contributed by atoms with E-state index < -0.39 is 0 Å². The summed E-state index contributed by atoms with van der Waals surface area (Å²) in [5.74, 6) is 0. The monoisotopic (exact) mass is 217 g/mol. The maximum atomic E-state index is 10.3. The molecule has 5 nitrogen and oxygen atoms in total. The van der Waals surface area contributed by atoms with Gasteiger partial charge in [0.1, 0.15) is 6.17 Å². The number of likely N-dealkylation sites (N-methyl/N-ethyl adjacent to an activating group) is 1. The van der Waals surface area contributed by atoms with Crippen LogP contribution in [0.2, 0.25) is 0 Å². The van der Waals surface area contributed by atoms with E-state index in [-0.39, 0.29) is 17.6 Å². The van der Waals surface area contributed by atoms with Crippen molar-refractivity contribution < 1.29 is 4.92 Å². The lowest BCUT2D eigenvalue weighted by Crippen LogP contribution is -2.45. The van der Waals surface area contributed by atoms with Gasteiger partial charge in [0, 0.05) is 4.92 Å². The zero-order chi connectivity index (χ0) is 11.9. The van der Waals surface area contributed by atoms with E-state index in [0.717, 1.165) is 19.4 Å². The van der Waals surface area contributed by atoms with Gasteiger partial charge in [-0.2, -0.15) is 0 Å². The zero-order valence-corrected chi connectivity index (χ0v) is 10.2. The van der Waals surface area contributed by atoms with Gasteiger partial charge in [-0.3, -0.25) is 20.7 Å². The maximum Gasteiger partial charge on any atom is 0.231 e. The van der Waals surface area contributed by atoms with Gasteiger partial charge in [-0.1, -0.05) is 20.8 Å². The molecule has 0 radical (unpaired) electrons. The maximum absolute atomic E-state index is 10.3. The molecule has 15 heavy (non-hydrogen) atoms. The molecule has 5 heteroatoms. The number of nitrogens with zero attached hydrogens (tertiary/aromatic N) is 1. The predicted molar refractivity (Wildman–Crippen MR) is 61.4 cm³/mol. The Morgan fingerprint density at radius 1 is 1.40 bits per heavy atom. The highest BCUT2D eigenvalue weighted by molar-refractivity contribution is 4.65. The van der Waals surface area contributed by atoms with E-state index in [1.165, 1.54) is 0 Å². The third-order valence-corrected chi connectivity index (χ3v) is 2.17. The number of nitro groups is 1. The predicted octanol–water partition coefficient (Wildman–Crippen LogP) is 1.22. The van der Waals surface area contributed by atoms with Gasteiger partial charge in [0.25, 0.3) is 0 Å². The topological polar surface area (TPSA) is 67.2 Å². The van der Waals surface area contributed by atoms with Gasteiger partial charge in [-0.05, 0) is 31.8 Å². The summed E-state index contributed by atoms with van der Waals surface area (Å²) in [7, 11) is 1.73. The second kappa shape index (κ2) is 6.74. The van der Waals surface area contributed by atoms with E-state index in [0.29, 0.717) is 5.41 Å². The van der Waals surface area contributed by atoms with E-state index >= 15 is 0 Å². The molecule has 90 valence electrons. The molecule has 0 saturated carbocycles. The summed E-state index contributed by atoms with van der Waals surface area (Å²) < 4.78 is 0. The Morgan fingerprint density at radius 3 is 2.40 bits per heavy atom. The van der Waals surface area contributed by atoms with Gasteiger partial charge in [0.2, 0.25) is 6.54 Å². The molecule has 2 N–H and O–H groups in total. The first-order valence-corrected chi connectivity index (χ1v) is 5.37. The lowest BCUT2D eigenvalue weighted by atomic mass is 9.91. The summed E-state index contributed by atoms with van der Waals surface area (Å²) in [6, 6.07) is 0. The molecule has 0 heterocycles. The van der Waals surface area contributed by atoms with Crippen molar-refractivity contribution in [3.8, 4) is 0 Å². The van der Waals surface area contributed by atoms with Gasteiger partial charge >= 0.3 is 0 Å². The van der Waals surface area contributed by atoms with E-state index in [4.69, 9.17) is 0 Å². The van der Waals surface area contributed by atoms with E-state index in [1.54, 1.807) is 7.05 Å². The second-order valence-corrected chi connectivity index (χ2v) is 4.97. The first-order valence-electron chi connectivity index (χ1n) is 5.37. The minimum absolute atomic E-state index is 0.0774. The molecule has 0 fully saturated rings. The lowest BCUT2D eigenvalue weighted by Gasteiger charge is -2.19. The Bertz CT molecular complexity index is 190. The fourth-order valence-electron chi connectivity index (χ4n) is 1.30. The Hall–Kier alpha value is -0.680. The van der Waals surface area contributed by atoms with Crippen molar-refractivity contribution in [1.82, 2.24) is 10.6 Å². The van der Waals surface area contributed by atoms with Crippen LogP contribution in [0.25, 0.3) is 0 Å². The van der Waals surface area contributed by atoms with Crippen molar-refractivity contribution in [1.29, 1.82) is 0 Å². The lowest BCUT2D eigenvalue weighted by molar-refractivity contribution is -0.484. The minimum Gasteiger partial charge on any atom is -0.299 e. The van der Waals surface area contributed by atoms with Crippen LogP contribution in [0.5, 0.6) is 0 Å². The summed E-state index contributed by atoms with van der Waals surface area (Å²) in [6.07, 6.45) is 1.94. The van der Waals surface area contributed by atoms with Crippen LogP contribution >= 0.6 is 0 Å². The van der Waals surface area contributed by atoms with Crippen molar-refractivity contribution in [3.63, 3.8) is 0 Å². The highest BCUT2D eigenvalue weighted by Gasteiger charge is 2.13. The van der Waals surface area contributed by atoms with Crippen LogP contribution in [0.3, 0.4) is 0 Å². The van der Waals surface area contributed by atoms with Crippen LogP contribution in [0.1, 0.15) is 33.6 Å².